The van der Waals surface area contributed by atoms with Gasteiger partial charge in [0.15, 0.2) is 0 Å². The minimum Gasteiger partial charge on any atom is -0.468 e. The largest absolute Gasteiger partial charge is 0.468 e. The Hall–Kier alpha value is -0.610. The van der Waals surface area contributed by atoms with Crippen molar-refractivity contribution in [2.75, 3.05) is 26.7 Å². The van der Waals surface area contributed by atoms with Crippen LogP contribution in [-0.2, 0) is 9.53 Å². The Morgan fingerprint density at radius 3 is 2.67 bits per heavy atom. The number of ether oxygens (including phenoxy) is 1. The van der Waals surface area contributed by atoms with Gasteiger partial charge in [0.1, 0.15) is 6.04 Å². The van der Waals surface area contributed by atoms with Crippen molar-refractivity contribution >= 4 is 5.97 Å². The molecular formula is C14H28N2O2. The summed E-state index contributed by atoms with van der Waals surface area (Å²) in [5, 5.41) is 3.49. The molecule has 0 aromatic carbocycles. The highest BCUT2D eigenvalue weighted by molar-refractivity contribution is 5.75. The molecule has 1 fully saturated rings. The Morgan fingerprint density at radius 1 is 1.39 bits per heavy atom. The molecule has 1 N–H and O–H groups in total. The number of likely N-dealkylation sites (tertiary alicyclic amines) is 1. The fourth-order valence-corrected chi connectivity index (χ4v) is 2.55. The number of nitrogens with zero attached hydrogens (tertiary/aromatic N) is 1. The van der Waals surface area contributed by atoms with Crippen molar-refractivity contribution < 1.29 is 9.53 Å². The number of methoxy groups -OCH3 is 1. The molecule has 0 aliphatic carbocycles. The van der Waals surface area contributed by atoms with E-state index >= 15 is 0 Å². The van der Waals surface area contributed by atoms with Gasteiger partial charge < -0.3 is 15.0 Å². The van der Waals surface area contributed by atoms with Gasteiger partial charge in [-0.25, -0.2) is 0 Å². The highest BCUT2D eigenvalue weighted by atomic mass is 16.5. The van der Waals surface area contributed by atoms with Crippen LogP contribution < -0.4 is 5.32 Å². The van der Waals surface area contributed by atoms with E-state index in [4.69, 9.17) is 4.74 Å². The van der Waals surface area contributed by atoms with Gasteiger partial charge in [0.05, 0.1) is 7.11 Å². The number of hydrogen-bond donors (Lipinski definition) is 1. The van der Waals surface area contributed by atoms with Crippen molar-refractivity contribution in [3.05, 3.63) is 0 Å². The van der Waals surface area contributed by atoms with Gasteiger partial charge in [-0.1, -0.05) is 20.8 Å². The van der Waals surface area contributed by atoms with E-state index in [1.54, 1.807) is 0 Å². The minimum absolute atomic E-state index is 0.137. The van der Waals surface area contributed by atoms with Gasteiger partial charge in [-0.2, -0.15) is 0 Å². The minimum atomic E-state index is -0.173. The monoisotopic (exact) mass is 256 g/mol. The first-order valence-corrected chi connectivity index (χ1v) is 7.14. The van der Waals surface area contributed by atoms with Crippen molar-refractivity contribution in [1.82, 2.24) is 10.2 Å². The number of nitrogens with one attached hydrogen (secondary N) is 1. The first-order valence-electron chi connectivity index (χ1n) is 7.14. The SMILES string of the molecule is CCN1CCCC(N[C@H](C(=O)OC)C(C)C)CC1. The molecule has 1 rings (SSSR count). The van der Waals surface area contributed by atoms with Gasteiger partial charge in [0.25, 0.3) is 0 Å². The molecule has 0 spiro atoms. The van der Waals surface area contributed by atoms with Crippen LogP contribution in [0.4, 0.5) is 0 Å². The molecule has 1 unspecified atom stereocenters. The van der Waals surface area contributed by atoms with Crippen molar-refractivity contribution in [3.63, 3.8) is 0 Å². The average Bonchev–Trinajstić information content (AvgIpc) is 2.59. The molecule has 1 heterocycles. The third-order valence-electron chi connectivity index (χ3n) is 3.80. The lowest BCUT2D eigenvalue weighted by atomic mass is 10.0. The summed E-state index contributed by atoms with van der Waals surface area (Å²) < 4.78 is 4.88. The standard InChI is InChI=1S/C14H28N2O2/c1-5-16-9-6-7-12(8-10-16)15-13(11(2)3)14(17)18-4/h11-13,15H,5-10H2,1-4H3/t12?,13-/m0/s1. The maximum Gasteiger partial charge on any atom is 0.323 e. The number of carbonyl (C=O) groups is 1. The van der Waals surface area contributed by atoms with Crippen LogP contribution in [-0.4, -0.2) is 49.7 Å². The molecule has 0 aromatic rings. The van der Waals surface area contributed by atoms with E-state index < -0.39 is 0 Å². The summed E-state index contributed by atoms with van der Waals surface area (Å²) in [6, 6.07) is 0.265. The predicted molar refractivity (Wildman–Crippen MR) is 73.5 cm³/mol. The molecule has 1 aliphatic heterocycles. The normalized spacial score (nSPS) is 23.7. The molecule has 0 saturated carbocycles. The van der Waals surface area contributed by atoms with E-state index in [1.807, 2.05) is 0 Å². The van der Waals surface area contributed by atoms with Crippen LogP contribution >= 0.6 is 0 Å². The highest BCUT2D eigenvalue weighted by Gasteiger charge is 2.26. The summed E-state index contributed by atoms with van der Waals surface area (Å²) in [7, 11) is 1.46. The van der Waals surface area contributed by atoms with Crippen LogP contribution in [0.2, 0.25) is 0 Å². The molecule has 1 saturated heterocycles. The fraction of sp³-hybridized carbons (Fsp3) is 0.929. The Morgan fingerprint density at radius 2 is 2.11 bits per heavy atom. The van der Waals surface area contributed by atoms with Gasteiger partial charge in [-0.15, -0.1) is 0 Å². The van der Waals surface area contributed by atoms with Crippen molar-refractivity contribution in [2.24, 2.45) is 5.92 Å². The zero-order valence-corrected chi connectivity index (χ0v) is 12.2. The topological polar surface area (TPSA) is 41.6 Å². The lowest BCUT2D eigenvalue weighted by Crippen LogP contribution is -2.47. The van der Waals surface area contributed by atoms with Crippen LogP contribution in [0.15, 0.2) is 0 Å². The lowest BCUT2D eigenvalue weighted by Gasteiger charge is -2.26. The second-order valence-corrected chi connectivity index (χ2v) is 5.47. The molecule has 0 aromatic heterocycles. The zero-order chi connectivity index (χ0) is 13.5. The molecule has 0 radical (unpaired) electrons. The van der Waals surface area contributed by atoms with Crippen LogP contribution in [0.3, 0.4) is 0 Å². The number of carbonyl (C=O) groups excluding carboxylic acids is 1. The first kappa shape index (κ1) is 15.4. The maximum atomic E-state index is 11.7. The average molecular weight is 256 g/mol. The predicted octanol–water partition coefficient (Wildman–Crippen LogP) is 1.65. The summed E-state index contributed by atoms with van der Waals surface area (Å²) in [6.07, 6.45) is 3.47. The third-order valence-corrected chi connectivity index (χ3v) is 3.80. The van der Waals surface area contributed by atoms with Crippen LogP contribution in [0.1, 0.15) is 40.0 Å². The maximum absolute atomic E-state index is 11.7. The molecule has 1 aliphatic rings. The Bertz CT molecular complexity index is 256. The summed E-state index contributed by atoms with van der Waals surface area (Å²) in [5.74, 6) is 0.129. The molecule has 4 heteroatoms. The molecule has 18 heavy (non-hydrogen) atoms. The first-order chi connectivity index (χ1) is 8.58. The van der Waals surface area contributed by atoms with Gasteiger partial charge in [0, 0.05) is 6.04 Å². The quantitative estimate of drug-likeness (QED) is 0.759. The Labute approximate surface area is 111 Å². The molecule has 0 amide bonds. The van der Waals surface area contributed by atoms with E-state index in [0.717, 1.165) is 25.9 Å². The molecule has 4 nitrogen and oxygen atoms in total. The van der Waals surface area contributed by atoms with Crippen LogP contribution in [0.5, 0.6) is 0 Å². The lowest BCUT2D eigenvalue weighted by molar-refractivity contribution is -0.144. The van der Waals surface area contributed by atoms with Crippen LogP contribution in [0, 0.1) is 5.92 Å². The Kier molecular flexibility index (Phi) is 6.65. The van der Waals surface area contributed by atoms with E-state index in [-0.39, 0.29) is 17.9 Å². The van der Waals surface area contributed by atoms with E-state index in [9.17, 15) is 4.79 Å². The Balaban J connectivity index is 2.51. The molecule has 106 valence electrons. The van der Waals surface area contributed by atoms with Gasteiger partial charge >= 0.3 is 5.97 Å². The second kappa shape index (κ2) is 7.74. The van der Waals surface area contributed by atoms with Gasteiger partial charge in [-0.05, 0) is 44.8 Å². The number of hydrogen-bond acceptors (Lipinski definition) is 4. The van der Waals surface area contributed by atoms with Crippen molar-refractivity contribution in [3.8, 4) is 0 Å². The fourth-order valence-electron chi connectivity index (χ4n) is 2.55. The summed E-state index contributed by atoms with van der Waals surface area (Å²) in [6.45, 7) is 9.75. The van der Waals surface area contributed by atoms with Crippen LogP contribution in [0.25, 0.3) is 0 Å². The molecular weight excluding hydrogens is 228 g/mol. The molecule has 2 atom stereocenters. The number of esters is 1. The summed E-state index contributed by atoms with van der Waals surface area (Å²) >= 11 is 0. The van der Waals surface area contributed by atoms with E-state index in [2.05, 4.69) is 31.0 Å². The smallest absolute Gasteiger partial charge is 0.323 e. The van der Waals surface area contributed by atoms with E-state index in [1.165, 1.54) is 20.1 Å². The third kappa shape index (κ3) is 4.58. The zero-order valence-electron chi connectivity index (χ0n) is 12.2. The van der Waals surface area contributed by atoms with Crippen molar-refractivity contribution in [1.29, 1.82) is 0 Å². The summed E-state index contributed by atoms with van der Waals surface area (Å²) in [5.41, 5.74) is 0. The molecule has 0 bridgehead atoms. The van der Waals surface area contributed by atoms with Gasteiger partial charge in [0.2, 0.25) is 0 Å². The summed E-state index contributed by atoms with van der Waals surface area (Å²) in [4.78, 5) is 14.2. The van der Waals surface area contributed by atoms with Gasteiger partial charge in [-0.3, -0.25) is 4.79 Å². The highest BCUT2D eigenvalue weighted by Crippen LogP contribution is 2.14. The number of rotatable bonds is 5. The second-order valence-electron chi connectivity index (χ2n) is 5.47. The van der Waals surface area contributed by atoms with E-state index in [0.29, 0.717) is 6.04 Å². The van der Waals surface area contributed by atoms with Crippen molar-refractivity contribution in [2.45, 2.75) is 52.1 Å².